The van der Waals surface area contributed by atoms with E-state index >= 15 is 0 Å². The number of hydrogen-bond acceptors (Lipinski definition) is 13. The van der Waals surface area contributed by atoms with Crippen molar-refractivity contribution in [3.05, 3.63) is 106 Å². The molecule has 3 aromatic heterocycles. The number of rotatable bonds is 13. The molecule has 0 unspecified atom stereocenters. The highest BCUT2D eigenvalue weighted by Gasteiger charge is 2.50. The van der Waals surface area contributed by atoms with Crippen molar-refractivity contribution >= 4 is 44.2 Å². The van der Waals surface area contributed by atoms with Crippen LogP contribution in [0.15, 0.2) is 78.0 Å². The van der Waals surface area contributed by atoms with Crippen LogP contribution in [-0.4, -0.2) is 95.2 Å². The molecule has 9 rings (SSSR count). The number of nitro groups is 1. The quantitative estimate of drug-likeness (QED) is 0.0648. The van der Waals surface area contributed by atoms with Gasteiger partial charge in [0, 0.05) is 61.6 Å². The first-order chi connectivity index (χ1) is 31.6. The van der Waals surface area contributed by atoms with E-state index in [1.807, 2.05) is 6.07 Å². The number of benzene rings is 2. The summed E-state index contributed by atoms with van der Waals surface area (Å²) in [7, 11) is -4.66. The summed E-state index contributed by atoms with van der Waals surface area (Å²) in [6.07, 6.45) is 10.3. The molecule has 17 heteroatoms. The van der Waals surface area contributed by atoms with Gasteiger partial charge in [-0.05, 0) is 118 Å². The number of carbonyl (C=O) groups excluding carboxylic acids is 1. The van der Waals surface area contributed by atoms with Crippen LogP contribution in [0.25, 0.3) is 11.0 Å². The van der Waals surface area contributed by atoms with Crippen LogP contribution in [0.2, 0.25) is 0 Å². The number of pyridine rings is 2. The number of aromatic nitrogens is 3. The molecule has 2 aliphatic carbocycles. The lowest BCUT2D eigenvalue weighted by Gasteiger charge is -2.57. The lowest BCUT2D eigenvalue weighted by atomic mass is 9.59. The molecule has 2 aliphatic heterocycles. The molecule has 1 amide bonds. The first-order valence-corrected chi connectivity index (χ1v) is 24.7. The number of nitrogens with one attached hydrogen (secondary N) is 3. The smallest absolute Gasteiger partial charge is 0.312 e. The van der Waals surface area contributed by atoms with E-state index in [9.17, 15) is 28.4 Å². The van der Waals surface area contributed by atoms with Crippen molar-refractivity contribution in [3.8, 4) is 11.5 Å². The average molecular weight is 921 g/mol. The number of fused-ring (bicyclic) bond motifs is 1. The summed E-state index contributed by atoms with van der Waals surface area (Å²) >= 11 is 0. The second-order valence-electron chi connectivity index (χ2n) is 19.5. The summed E-state index contributed by atoms with van der Waals surface area (Å²) in [5, 5.41) is 26.4. The van der Waals surface area contributed by atoms with Crippen LogP contribution in [0.5, 0.6) is 11.5 Å². The van der Waals surface area contributed by atoms with Crippen LogP contribution in [0.3, 0.4) is 0 Å². The van der Waals surface area contributed by atoms with Gasteiger partial charge in [0.05, 0.1) is 47.2 Å². The molecule has 0 radical (unpaired) electrons. The molecule has 0 bridgehead atoms. The molecule has 4 N–H and O–H groups in total. The molecule has 2 saturated carbocycles. The number of morpholine rings is 1. The minimum atomic E-state index is -4.66. The molecule has 1 atom stereocenters. The van der Waals surface area contributed by atoms with Crippen molar-refractivity contribution in [2.75, 3.05) is 49.6 Å². The lowest BCUT2D eigenvalue weighted by Crippen LogP contribution is -2.58. The molecule has 2 aromatic carbocycles. The van der Waals surface area contributed by atoms with Gasteiger partial charge in [0.25, 0.3) is 15.9 Å². The summed E-state index contributed by atoms with van der Waals surface area (Å²) in [5.41, 5.74) is 3.18. The second-order valence-corrected chi connectivity index (χ2v) is 21.1. The summed E-state index contributed by atoms with van der Waals surface area (Å²) in [6, 6.07) is 19.2. The van der Waals surface area contributed by atoms with E-state index in [0.29, 0.717) is 49.3 Å². The van der Waals surface area contributed by atoms with E-state index in [0.717, 1.165) is 81.9 Å². The summed E-state index contributed by atoms with van der Waals surface area (Å²) in [6.45, 7) is 12.1. The zero-order chi connectivity index (χ0) is 46.4. The van der Waals surface area contributed by atoms with E-state index in [4.69, 9.17) is 9.47 Å². The van der Waals surface area contributed by atoms with Crippen molar-refractivity contribution in [3.63, 3.8) is 0 Å². The number of aliphatic hydroxyl groups is 1. The number of aryl methyl sites for hydroxylation is 1. The topological polar surface area (TPSA) is 205 Å². The largest absolute Gasteiger partial charge is 0.455 e. The Balaban J connectivity index is 0.910. The zero-order valence-corrected chi connectivity index (χ0v) is 38.9. The predicted octanol–water partition coefficient (Wildman–Crippen LogP) is 8.38. The van der Waals surface area contributed by atoms with Crippen LogP contribution < -0.4 is 19.7 Å². The maximum atomic E-state index is 14.1. The molecule has 2 saturated heterocycles. The van der Waals surface area contributed by atoms with Crippen LogP contribution in [0.1, 0.15) is 111 Å². The number of anilines is 2. The number of aromatic amines is 1. The minimum absolute atomic E-state index is 0.0189. The Morgan fingerprint density at radius 3 is 2.56 bits per heavy atom. The fourth-order valence-electron chi connectivity index (χ4n) is 10.7. The molecule has 4 aliphatic rings. The number of piperidine rings is 1. The highest BCUT2D eigenvalue weighted by molar-refractivity contribution is 7.90. The first kappa shape index (κ1) is 45.5. The first-order valence-electron chi connectivity index (χ1n) is 23.2. The number of nitrogens with zero attached hydrogens (tertiary/aromatic N) is 5. The van der Waals surface area contributed by atoms with E-state index in [2.05, 4.69) is 72.9 Å². The Bertz CT molecular complexity index is 2710. The van der Waals surface area contributed by atoms with Crippen molar-refractivity contribution in [1.29, 1.82) is 0 Å². The average Bonchev–Trinajstić information content (AvgIpc) is 3.76. The van der Waals surface area contributed by atoms with Crippen LogP contribution in [-0.2, 0) is 14.8 Å². The van der Waals surface area contributed by atoms with Gasteiger partial charge < -0.3 is 29.8 Å². The summed E-state index contributed by atoms with van der Waals surface area (Å²) < 4.78 is 42.4. The Kier molecular flexibility index (Phi) is 12.6. The molecule has 16 nitrogen and oxygen atoms in total. The maximum absolute atomic E-state index is 14.1. The second kappa shape index (κ2) is 18.2. The number of H-pyrrole nitrogens is 1. The van der Waals surface area contributed by atoms with Gasteiger partial charge >= 0.3 is 5.69 Å². The molecule has 350 valence electrons. The number of sulfonamides is 1. The van der Waals surface area contributed by atoms with Crippen LogP contribution in [0.4, 0.5) is 17.2 Å². The van der Waals surface area contributed by atoms with E-state index in [1.54, 1.807) is 37.4 Å². The summed E-state index contributed by atoms with van der Waals surface area (Å²) in [4.78, 5) is 41.9. The van der Waals surface area contributed by atoms with Gasteiger partial charge in [0.15, 0.2) is 0 Å². The predicted molar refractivity (Wildman–Crippen MR) is 252 cm³/mol. The van der Waals surface area contributed by atoms with Crippen LogP contribution in [0, 0.1) is 28.4 Å². The number of amides is 1. The Morgan fingerprint density at radius 1 is 1.06 bits per heavy atom. The van der Waals surface area contributed by atoms with Crippen molar-refractivity contribution < 1.29 is 32.7 Å². The standard InChI is InChI=1S/C49H60N8O8S/c1-31(2)38-7-5-6-8-39(38)42-30-64-22-21-56(42)36-26-49(27-36)16-19-55(20-17-49)35-9-10-40(43(24-35)65-37-23-34-13-18-50-45(34)52-29-37)47(58)54-66(62,63)44-25-41(57(60)61)46(53-32(44)3)51-28-33-11-14-48(4,59)15-12-33/h5-10,13,18,23-25,29,31,33,36,42,59H,11-12,14-17,19-22,26-28,30H2,1-4H3,(H,50,52)(H,51,53)(H,54,58)/t33-,42-,48-/m0/s1. The molecule has 1 spiro atoms. The zero-order valence-electron chi connectivity index (χ0n) is 38.1. The Morgan fingerprint density at radius 2 is 1.82 bits per heavy atom. The number of carbonyl (C=O) groups is 1. The van der Waals surface area contributed by atoms with Gasteiger partial charge in [-0.3, -0.25) is 19.8 Å². The molecular formula is C49H60N8O8S. The molecular weight excluding hydrogens is 861 g/mol. The van der Waals surface area contributed by atoms with Gasteiger partial charge in [-0.15, -0.1) is 0 Å². The monoisotopic (exact) mass is 920 g/mol. The molecule has 5 heterocycles. The summed E-state index contributed by atoms with van der Waals surface area (Å²) in [5.74, 6) is 0.0404. The van der Waals surface area contributed by atoms with E-state index in [1.165, 1.54) is 24.2 Å². The van der Waals surface area contributed by atoms with Crippen LogP contribution >= 0.6 is 0 Å². The van der Waals surface area contributed by atoms with E-state index in [-0.39, 0.29) is 40.2 Å². The molecule has 66 heavy (non-hydrogen) atoms. The van der Waals surface area contributed by atoms with Crippen molar-refractivity contribution in [2.45, 2.75) is 108 Å². The number of hydrogen-bond donors (Lipinski definition) is 4. The Labute approximate surface area is 385 Å². The molecule has 4 fully saturated rings. The van der Waals surface area contributed by atoms with Gasteiger partial charge in [0.1, 0.15) is 22.0 Å². The third-order valence-corrected chi connectivity index (χ3v) is 16.0. The maximum Gasteiger partial charge on any atom is 0.312 e. The third kappa shape index (κ3) is 9.48. The lowest BCUT2D eigenvalue weighted by molar-refractivity contribution is -0.384. The SMILES string of the molecule is Cc1nc(NC[C@H]2CC[C@](C)(O)CC2)c([N+](=O)[O-])cc1S(=O)(=O)NC(=O)c1ccc(N2CCC3(CC2)CC(N2CCOC[C@H]2c2ccccc2C(C)C)C3)cc1Oc1cnc2[nH]ccc2c1. The van der Waals surface area contributed by atoms with Crippen molar-refractivity contribution in [1.82, 2.24) is 24.6 Å². The van der Waals surface area contributed by atoms with E-state index < -0.39 is 37.0 Å². The van der Waals surface area contributed by atoms with Gasteiger partial charge in [-0.1, -0.05) is 38.1 Å². The fraction of sp³-hybridized carbons (Fsp3) is 0.490. The molecule has 5 aromatic rings. The van der Waals surface area contributed by atoms with Crippen molar-refractivity contribution in [2.24, 2.45) is 11.3 Å². The fourth-order valence-corrected chi connectivity index (χ4v) is 11.8. The highest BCUT2D eigenvalue weighted by atomic mass is 32.2. The number of ether oxygens (including phenoxy) is 2. The van der Waals surface area contributed by atoms with Gasteiger partial charge in [-0.2, -0.15) is 0 Å². The normalized spacial score (nSPS) is 22.6. The third-order valence-electron chi connectivity index (χ3n) is 14.6. The minimum Gasteiger partial charge on any atom is -0.455 e. The van der Waals surface area contributed by atoms with Gasteiger partial charge in [-0.25, -0.2) is 23.1 Å². The highest BCUT2D eigenvalue weighted by Crippen LogP contribution is 2.53. The Hall–Kier alpha value is -5.62. The van der Waals surface area contributed by atoms with Gasteiger partial charge in [0.2, 0.25) is 5.82 Å².